The molecule has 21 heavy (non-hydrogen) atoms. The van der Waals surface area contributed by atoms with Crippen molar-refractivity contribution in [1.29, 1.82) is 0 Å². The maximum absolute atomic E-state index is 12.2. The molecule has 1 atom stereocenters. The normalized spacial score (nSPS) is 23.9. The Kier molecular flexibility index (Phi) is 6.49. The highest BCUT2D eigenvalue weighted by atomic mass is 16.2. The molecule has 0 aliphatic carbocycles. The Morgan fingerprint density at radius 1 is 1.19 bits per heavy atom. The van der Waals surface area contributed by atoms with E-state index in [1.165, 1.54) is 12.8 Å². The van der Waals surface area contributed by atoms with Crippen LogP contribution in [0.15, 0.2) is 0 Å². The van der Waals surface area contributed by atoms with Crippen molar-refractivity contribution in [2.45, 2.75) is 45.4 Å². The Morgan fingerprint density at radius 2 is 1.95 bits per heavy atom. The maximum Gasteiger partial charge on any atom is 0.222 e. The lowest BCUT2D eigenvalue weighted by atomic mass is 9.93. The van der Waals surface area contributed by atoms with Crippen LogP contribution in [-0.4, -0.2) is 49.4 Å². The van der Waals surface area contributed by atoms with E-state index in [9.17, 15) is 9.59 Å². The molecule has 120 valence electrons. The molecule has 2 N–H and O–H groups in total. The van der Waals surface area contributed by atoms with Crippen LogP contribution >= 0.6 is 0 Å². The molecule has 5 heteroatoms. The molecule has 1 unspecified atom stereocenters. The molecule has 0 aromatic rings. The van der Waals surface area contributed by atoms with Crippen LogP contribution in [0.4, 0.5) is 0 Å². The Morgan fingerprint density at radius 3 is 2.57 bits per heavy atom. The van der Waals surface area contributed by atoms with Crippen LogP contribution in [0.5, 0.6) is 0 Å². The zero-order valence-corrected chi connectivity index (χ0v) is 13.2. The van der Waals surface area contributed by atoms with Crippen molar-refractivity contribution in [2.75, 3.05) is 32.7 Å². The van der Waals surface area contributed by atoms with Gasteiger partial charge in [-0.25, -0.2) is 0 Å². The molecule has 2 fully saturated rings. The third-order valence-electron chi connectivity index (χ3n) is 4.77. The topological polar surface area (TPSA) is 61.4 Å². The first-order valence-electron chi connectivity index (χ1n) is 8.38. The summed E-state index contributed by atoms with van der Waals surface area (Å²) >= 11 is 0. The minimum Gasteiger partial charge on any atom is -0.356 e. The lowest BCUT2D eigenvalue weighted by Crippen LogP contribution is -2.41. The van der Waals surface area contributed by atoms with Crippen LogP contribution in [0, 0.1) is 11.8 Å². The quantitative estimate of drug-likeness (QED) is 0.799. The number of hydrogen-bond donors (Lipinski definition) is 2. The van der Waals surface area contributed by atoms with E-state index < -0.39 is 0 Å². The van der Waals surface area contributed by atoms with Gasteiger partial charge < -0.3 is 15.5 Å². The molecule has 0 aromatic heterocycles. The highest BCUT2D eigenvalue weighted by Crippen LogP contribution is 2.20. The predicted octanol–water partition coefficient (Wildman–Crippen LogP) is 1.14. The van der Waals surface area contributed by atoms with Crippen LogP contribution in [-0.2, 0) is 9.59 Å². The zero-order valence-electron chi connectivity index (χ0n) is 13.2. The number of carbonyl (C=O) groups is 2. The van der Waals surface area contributed by atoms with Gasteiger partial charge in [-0.1, -0.05) is 0 Å². The molecule has 0 saturated carbocycles. The lowest BCUT2D eigenvalue weighted by molar-refractivity contribution is -0.133. The average Bonchev–Trinajstić information content (AvgIpc) is 2.52. The summed E-state index contributed by atoms with van der Waals surface area (Å²) in [6, 6.07) is 0. The van der Waals surface area contributed by atoms with Gasteiger partial charge in [0.05, 0.1) is 0 Å². The molecule has 2 rings (SSSR count). The highest BCUT2D eigenvalue weighted by molar-refractivity contribution is 5.76. The van der Waals surface area contributed by atoms with E-state index in [1.54, 1.807) is 6.92 Å². The van der Waals surface area contributed by atoms with E-state index >= 15 is 0 Å². The maximum atomic E-state index is 12.2. The van der Waals surface area contributed by atoms with E-state index in [4.69, 9.17) is 0 Å². The third-order valence-corrected chi connectivity index (χ3v) is 4.77. The first-order valence-corrected chi connectivity index (χ1v) is 8.38. The highest BCUT2D eigenvalue weighted by Gasteiger charge is 2.23. The van der Waals surface area contributed by atoms with Gasteiger partial charge in [0.15, 0.2) is 0 Å². The molecule has 5 nitrogen and oxygen atoms in total. The number of likely N-dealkylation sites (tertiary alicyclic amines) is 1. The van der Waals surface area contributed by atoms with Crippen LogP contribution < -0.4 is 10.6 Å². The molecule has 2 aliphatic heterocycles. The zero-order chi connectivity index (χ0) is 15.1. The second-order valence-electron chi connectivity index (χ2n) is 6.51. The fourth-order valence-electron chi connectivity index (χ4n) is 3.33. The summed E-state index contributed by atoms with van der Waals surface area (Å²) in [6.07, 6.45) is 6.25. The molecule has 0 aromatic carbocycles. The summed E-state index contributed by atoms with van der Waals surface area (Å²) in [6.45, 7) is 6.22. The second-order valence-corrected chi connectivity index (χ2v) is 6.51. The SMILES string of the molecule is CC(=O)NCC1CCN(C(=O)CCC2CCCNC2)CC1. The summed E-state index contributed by atoms with van der Waals surface area (Å²) in [5, 5.41) is 6.29. The van der Waals surface area contributed by atoms with Crippen molar-refractivity contribution >= 4 is 11.8 Å². The second kappa shape index (κ2) is 8.37. The number of amides is 2. The summed E-state index contributed by atoms with van der Waals surface area (Å²) in [4.78, 5) is 25.2. The number of hydrogen-bond acceptors (Lipinski definition) is 3. The Labute approximate surface area is 127 Å². The summed E-state index contributed by atoms with van der Waals surface area (Å²) in [5.41, 5.74) is 0. The molecular weight excluding hydrogens is 266 g/mol. The Balaban J connectivity index is 1.62. The molecule has 2 saturated heterocycles. The van der Waals surface area contributed by atoms with Gasteiger partial charge in [-0.2, -0.15) is 0 Å². The minimum absolute atomic E-state index is 0.0367. The van der Waals surface area contributed by atoms with E-state index in [0.29, 0.717) is 24.2 Å². The van der Waals surface area contributed by atoms with Gasteiger partial charge in [0.2, 0.25) is 11.8 Å². The van der Waals surface area contributed by atoms with Crippen molar-refractivity contribution in [1.82, 2.24) is 15.5 Å². The summed E-state index contributed by atoms with van der Waals surface area (Å²) in [5.74, 6) is 1.56. The van der Waals surface area contributed by atoms with Gasteiger partial charge in [-0.05, 0) is 57.0 Å². The first-order chi connectivity index (χ1) is 10.1. The van der Waals surface area contributed by atoms with Crippen LogP contribution in [0.3, 0.4) is 0 Å². The van der Waals surface area contributed by atoms with Crippen LogP contribution in [0.2, 0.25) is 0 Å². The van der Waals surface area contributed by atoms with Gasteiger partial charge >= 0.3 is 0 Å². The number of nitrogens with zero attached hydrogens (tertiary/aromatic N) is 1. The van der Waals surface area contributed by atoms with E-state index in [0.717, 1.165) is 52.0 Å². The number of nitrogens with one attached hydrogen (secondary N) is 2. The summed E-state index contributed by atoms with van der Waals surface area (Å²) in [7, 11) is 0. The van der Waals surface area contributed by atoms with Gasteiger partial charge in [0.1, 0.15) is 0 Å². The minimum atomic E-state index is 0.0367. The molecule has 0 bridgehead atoms. The molecular formula is C16H29N3O2. The smallest absolute Gasteiger partial charge is 0.222 e. The van der Waals surface area contributed by atoms with E-state index in [1.807, 2.05) is 4.90 Å². The van der Waals surface area contributed by atoms with Crippen molar-refractivity contribution in [3.05, 3.63) is 0 Å². The number of carbonyl (C=O) groups excluding carboxylic acids is 2. The monoisotopic (exact) mass is 295 g/mol. The standard InChI is InChI=1S/C16H29N3O2/c1-13(20)18-12-15-6-9-19(10-7-15)16(21)5-4-14-3-2-8-17-11-14/h14-15,17H,2-12H2,1H3,(H,18,20). The Hall–Kier alpha value is -1.10. The van der Waals surface area contributed by atoms with Crippen molar-refractivity contribution < 1.29 is 9.59 Å². The molecule has 0 spiro atoms. The van der Waals surface area contributed by atoms with Gasteiger partial charge in [0.25, 0.3) is 0 Å². The largest absolute Gasteiger partial charge is 0.356 e. The van der Waals surface area contributed by atoms with E-state index in [2.05, 4.69) is 10.6 Å². The van der Waals surface area contributed by atoms with Gasteiger partial charge in [-0.15, -0.1) is 0 Å². The molecule has 2 amide bonds. The van der Waals surface area contributed by atoms with E-state index in [-0.39, 0.29) is 5.91 Å². The summed E-state index contributed by atoms with van der Waals surface area (Å²) < 4.78 is 0. The number of piperidine rings is 2. The first kappa shape index (κ1) is 16.3. The lowest BCUT2D eigenvalue weighted by Gasteiger charge is -2.32. The average molecular weight is 295 g/mol. The van der Waals surface area contributed by atoms with Crippen molar-refractivity contribution in [3.63, 3.8) is 0 Å². The van der Waals surface area contributed by atoms with Crippen LogP contribution in [0.25, 0.3) is 0 Å². The van der Waals surface area contributed by atoms with Gasteiger partial charge in [-0.3, -0.25) is 9.59 Å². The predicted molar refractivity (Wildman–Crippen MR) is 82.8 cm³/mol. The fraction of sp³-hybridized carbons (Fsp3) is 0.875. The molecule has 0 radical (unpaired) electrons. The van der Waals surface area contributed by atoms with Crippen LogP contribution in [0.1, 0.15) is 45.4 Å². The van der Waals surface area contributed by atoms with Crippen molar-refractivity contribution in [2.24, 2.45) is 11.8 Å². The van der Waals surface area contributed by atoms with Crippen molar-refractivity contribution in [3.8, 4) is 0 Å². The third kappa shape index (κ3) is 5.65. The van der Waals surface area contributed by atoms with Gasteiger partial charge in [0, 0.05) is 33.0 Å². The Bertz CT molecular complexity index is 345. The number of rotatable bonds is 5. The molecule has 2 heterocycles. The molecule has 2 aliphatic rings. The fourth-order valence-corrected chi connectivity index (χ4v) is 3.33.